The zero-order valence-electron chi connectivity index (χ0n) is 9.90. The minimum Gasteiger partial charge on any atom is -0.398 e. The molecule has 0 radical (unpaired) electrons. The number of anilines is 2. The molecule has 0 saturated carbocycles. The Hall–Kier alpha value is -1.31. The van der Waals surface area contributed by atoms with Crippen molar-refractivity contribution in [1.82, 2.24) is 0 Å². The molecule has 0 bridgehead atoms. The quantitative estimate of drug-likeness (QED) is 0.800. The van der Waals surface area contributed by atoms with Gasteiger partial charge in [-0.25, -0.2) is 12.8 Å². The van der Waals surface area contributed by atoms with Crippen LogP contribution in [0, 0.1) is 5.82 Å². The summed E-state index contributed by atoms with van der Waals surface area (Å²) in [6, 6.07) is 7.87. The lowest BCUT2D eigenvalue weighted by atomic mass is 10.3. The highest BCUT2D eigenvalue weighted by atomic mass is 79.9. The molecular weight excluding hydrogens is 371 g/mol. The molecule has 0 aliphatic heterocycles. The van der Waals surface area contributed by atoms with E-state index >= 15 is 0 Å². The van der Waals surface area contributed by atoms with Crippen LogP contribution in [0.5, 0.6) is 0 Å². The van der Waals surface area contributed by atoms with Crippen LogP contribution < -0.4 is 10.5 Å². The molecule has 106 valence electrons. The second-order valence-corrected chi connectivity index (χ2v) is 6.92. The highest BCUT2D eigenvalue weighted by molar-refractivity contribution is 9.10. The highest BCUT2D eigenvalue weighted by Gasteiger charge is 2.17. The summed E-state index contributed by atoms with van der Waals surface area (Å²) >= 11 is 8.87. The standard InChI is InChI=1S/C12H9BrClFN2O2S/c13-7-1-4-12(10(15)5-7)17-20(18,19)8-2-3-11(16)9(14)6-8/h1-6,17H,16H2. The lowest BCUT2D eigenvalue weighted by Crippen LogP contribution is -2.14. The zero-order chi connectivity index (χ0) is 14.9. The van der Waals surface area contributed by atoms with Crippen LogP contribution in [0.3, 0.4) is 0 Å². The fourth-order valence-corrected chi connectivity index (χ4v) is 3.12. The normalized spacial score (nSPS) is 11.3. The van der Waals surface area contributed by atoms with Crippen molar-refractivity contribution in [1.29, 1.82) is 0 Å². The monoisotopic (exact) mass is 378 g/mol. The first-order chi connectivity index (χ1) is 9.29. The van der Waals surface area contributed by atoms with E-state index in [9.17, 15) is 12.8 Å². The van der Waals surface area contributed by atoms with Crippen molar-refractivity contribution < 1.29 is 12.8 Å². The molecule has 0 fully saturated rings. The number of nitrogen functional groups attached to an aromatic ring is 1. The van der Waals surface area contributed by atoms with E-state index in [1.807, 2.05) is 0 Å². The van der Waals surface area contributed by atoms with Crippen molar-refractivity contribution in [3.05, 3.63) is 51.7 Å². The Morgan fingerprint density at radius 2 is 1.90 bits per heavy atom. The average molecular weight is 380 g/mol. The van der Waals surface area contributed by atoms with Crippen molar-refractivity contribution in [3.63, 3.8) is 0 Å². The summed E-state index contributed by atoms with van der Waals surface area (Å²) in [5.74, 6) is -0.690. The predicted octanol–water partition coefficient (Wildman–Crippen LogP) is 3.62. The van der Waals surface area contributed by atoms with E-state index in [4.69, 9.17) is 17.3 Å². The zero-order valence-corrected chi connectivity index (χ0v) is 13.1. The second kappa shape index (κ2) is 5.59. The molecular formula is C12H9BrClFN2O2S. The first-order valence-electron chi connectivity index (χ1n) is 5.32. The maximum absolute atomic E-state index is 13.6. The van der Waals surface area contributed by atoms with Crippen LogP contribution in [0.1, 0.15) is 0 Å². The van der Waals surface area contributed by atoms with Gasteiger partial charge >= 0.3 is 0 Å². The van der Waals surface area contributed by atoms with Crippen molar-refractivity contribution in [2.75, 3.05) is 10.5 Å². The number of nitrogens with one attached hydrogen (secondary N) is 1. The molecule has 0 unspecified atom stereocenters. The van der Waals surface area contributed by atoms with Gasteiger partial charge in [0.15, 0.2) is 0 Å². The van der Waals surface area contributed by atoms with Gasteiger partial charge in [0.1, 0.15) is 5.82 Å². The SMILES string of the molecule is Nc1ccc(S(=O)(=O)Nc2ccc(Br)cc2F)cc1Cl. The highest BCUT2D eigenvalue weighted by Crippen LogP contribution is 2.26. The molecule has 0 aliphatic rings. The Kier molecular flexibility index (Phi) is 4.22. The van der Waals surface area contributed by atoms with Gasteiger partial charge in [0.05, 0.1) is 21.3 Å². The van der Waals surface area contributed by atoms with Crippen molar-refractivity contribution in [2.45, 2.75) is 4.90 Å². The van der Waals surface area contributed by atoms with E-state index < -0.39 is 15.8 Å². The Morgan fingerprint density at radius 1 is 1.20 bits per heavy atom. The van der Waals surface area contributed by atoms with Gasteiger partial charge in [0.2, 0.25) is 0 Å². The number of rotatable bonds is 3. The minimum absolute atomic E-state index is 0.0981. The Morgan fingerprint density at radius 3 is 2.50 bits per heavy atom. The van der Waals surface area contributed by atoms with Crippen LogP contribution in [-0.4, -0.2) is 8.42 Å². The van der Waals surface area contributed by atoms with Crippen LogP contribution in [0.15, 0.2) is 45.8 Å². The third-order valence-electron chi connectivity index (χ3n) is 2.46. The summed E-state index contributed by atoms with van der Waals surface area (Å²) in [5, 5.41) is 0.115. The summed E-state index contributed by atoms with van der Waals surface area (Å²) in [6.45, 7) is 0. The van der Waals surface area contributed by atoms with Crippen molar-refractivity contribution >= 4 is 48.9 Å². The Bertz CT molecular complexity index is 768. The maximum atomic E-state index is 13.6. The van der Waals surface area contributed by atoms with E-state index in [-0.39, 0.29) is 21.3 Å². The van der Waals surface area contributed by atoms with Gasteiger partial charge in [-0.1, -0.05) is 27.5 Å². The number of nitrogens with two attached hydrogens (primary N) is 1. The molecule has 8 heteroatoms. The fourth-order valence-electron chi connectivity index (χ4n) is 1.45. The molecule has 3 N–H and O–H groups in total. The van der Waals surface area contributed by atoms with Crippen LogP contribution in [0.4, 0.5) is 15.8 Å². The molecule has 2 aromatic rings. The van der Waals surface area contributed by atoms with E-state index in [1.165, 1.54) is 30.3 Å². The first-order valence-corrected chi connectivity index (χ1v) is 7.98. The molecule has 0 aromatic heterocycles. The summed E-state index contributed by atoms with van der Waals surface area (Å²) in [4.78, 5) is -0.0981. The van der Waals surface area contributed by atoms with Crippen molar-refractivity contribution in [2.24, 2.45) is 0 Å². The number of benzene rings is 2. The fraction of sp³-hybridized carbons (Fsp3) is 0. The molecule has 2 rings (SSSR count). The molecule has 20 heavy (non-hydrogen) atoms. The summed E-state index contributed by atoms with van der Waals surface area (Å²) in [7, 11) is -3.93. The second-order valence-electron chi connectivity index (χ2n) is 3.91. The van der Waals surface area contributed by atoms with Crippen LogP contribution >= 0.6 is 27.5 Å². The number of sulfonamides is 1. The number of hydrogen-bond donors (Lipinski definition) is 2. The molecule has 0 spiro atoms. The molecule has 0 aliphatic carbocycles. The van der Waals surface area contributed by atoms with Crippen LogP contribution in [0.2, 0.25) is 5.02 Å². The third kappa shape index (κ3) is 3.23. The largest absolute Gasteiger partial charge is 0.398 e. The van der Waals surface area contributed by atoms with Crippen molar-refractivity contribution in [3.8, 4) is 0 Å². The van der Waals surface area contributed by atoms with Crippen LogP contribution in [0.25, 0.3) is 0 Å². The van der Waals surface area contributed by atoms with Gasteiger partial charge in [-0.2, -0.15) is 0 Å². The van der Waals surface area contributed by atoms with E-state index in [0.717, 1.165) is 6.07 Å². The Labute approximate surface area is 128 Å². The van der Waals surface area contributed by atoms with Gasteiger partial charge in [0, 0.05) is 4.47 Å². The van der Waals surface area contributed by atoms with E-state index in [1.54, 1.807) is 0 Å². The molecule has 0 saturated heterocycles. The average Bonchev–Trinajstić information content (AvgIpc) is 2.36. The van der Waals surface area contributed by atoms with Gasteiger partial charge in [-0.15, -0.1) is 0 Å². The van der Waals surface area contributed by atoms with Crippen LogP contribution in [-0.2, 0) is 10.0 Å². The minimum atomic E-state index is -3.93. The summed E-state index contributed by atoms with van der Waals surface area (Å²) in [6.07, 6.45) is 0. The number of hydrogen-bond acceptors (Lipinski definition) is 3. The molecule has 0 amide bonds. The van der Waals surface area contributed by atoms with E-state index in [2.05, 4.69) is 20.7 Å². The third-order valence-corrected chi connectivity index (χ3v) is 4.64. The van der Waals surface area contributed by atoms with Gasteiger partial charge in [-0.05, 0) is 36.4 Å². The summed E-state index contributed by atoms with van der Waals surface area (Å²) in [5.41, 5.74) is 5.63. The lowest BCUT2D eigenvalue weighted by molar-refractivity contribution is 0.598. The molecule has 2 aromatic carbocycles. The van der Waals surface area contributed by atoms with E-state index in [0.29, 0.717) is 4.47 Å². The van der Waals surface area contributed by atoms with Gasteiger partial charge in [0.25, 0.3) is 10.0 Å². The van der Waals surface area contributed by atoms with Gasteiger partial charge in [-0.3, -0.25) is 4.72 Å². The maximum Gasteiger partial charge on any atom is 0.262 e. The molecule has 0 heterocycles. The predicted molar refractivity (Wildman–Crippen MR) is 80.8 cm³/mol. The lowest BCUT2D eigenvalue weighted by Gasteiger charge is -2.10. The number of halogens is 3. The Balaban J connectivity index is 2.38. The van der Waals surface area contributed by atoms with Gasteiger partial charge < -0.3 is 5.73 Å². The smallest absolute Gasteiger partial charge is 0.262 e. The molecule has 4 nitrogen and oxygen atoms in total. The first kappa shape index (κ1) is 15.1. The summed E-state index contributed by atoms with van der Waals surface area (Å²) < 4.78 is 40.5. The topological polar surface area (TPSA) is 72.2 Å². The molecule has 0 atom stereocenters.